The molecule has 1 aromatic heterocycles. The molecule has 0 saturated heterocycles. The molecular formula is C13H15ClN2O. The van der Waals surface area contributed by atoms with E-state index in [4.69, 9.17) is 11.6 Å². The van der Waals surface area contributed by atoms with E-state index in [-0.39, 0.29) is 5.56 Å². The summed E-state index contributed by atoms with van der Waals surface area (Å²) >= 11 is 5.92. The number of hydrogen-bond donors (Lipinski definition) is 1. The molecule has 2 rings (SSSR count). The van der Waals surface area contributed by atoms with Crippen LogP contribution in [0.1, 0.15) is 23.7 Å². The topological polar surface area (TPSA) is 37.8 Å². The van der Waals surface area contributed by atoms with Gasteiger partial charge in [-0.15, -0.1) is 0 Å². The van der Waals surface area contributed by atoms with Crippen LogP contribution in [0.4, 0.5) is 0 Å². The molecule has 0 aliphatic rings. The second-order valence-corrected chi connectivity index (χ2v) is 4.53. The molecule has 1 aromatic carbocycles. The average Bonchev–Trinajstić information content (AvgIpc) is 2.54. The Morgan fingerprint density at radius 3 is 2.76 bits per heavy atom. The summed E-state index contributed by atoms with van der Waals surface area (Å²) < 4.78 is 1.62. The number of aryl methyl sites for hydroxylation is 1. The standard InChI is InChI=1S/C13H15ClN2O/c1-3-12-9(2)15-16(13(12)17)8-10-5-4-6-11(14)7-10/h4-7,15H,3,8H2,1-2H3. The monoisotopic (exact) mass is 250 g/mol. The minimum atomic E-state index is 0.0602. The predicted molar refractivity (Wildman–Crippen MR) is 69.7 cm³/mol. The van der Waals surface area contributed by atoms with Crippen LogP contribution in [0.2, 0.25) is 5.02 Å². The summed E-state index contributed by atoms with van der Waals surface area (Å²) in [7, 11) is 0. The fourth-order valence-corrected chi connectivity index (χ4v) is 2.20. The van der Waals surface area contributed by atoms with Crippen molar-refractivity contribution in [2.24, 2.45) is 0 Å². The first kappa shape index (κ1) is 12.0. The summed E-state index contributed by atoms with van der Waals surface area (Å²) in [5.74, 6) is 0. The molecule has 17 heavy (non-hydrogen) atoms. The van der Waals surface area contributed by atoms with Crippen LogP contribution >= 0.6 is 11.6 Å². The summed E-state index contributed by atoms with van der Waals surface area (Å²) in [5, 5.41) is 3.78. The van der Waals surface area contributed by atoms with Crippen LogP contribution in [-0.4, -0.2) is 9.78 Å². The highest BCUT2D eigenvalue weighted by Crippen LogP contribution is 2.11. The van der Waals surface area contributed by atoms with Gasteiger partial charge in [0.05, 0.1) is 6.54 Å². The van der Waals surface area contributed by atoms with Crippen LogP contribution < -0.4 is 5.56 Å². The van der Waals surface area contributed by atoms with E-state index in [2.05, 4.69) is 5.10 Å². The van der Waals surface area contributed by atoms with Crippen molar-refractivity contribution >= 4 is 11.6 Å². The van der Waals surface area contributed by atoms with Crippen molar-refractivity contribution in [2.45, 2.75) is 26.8 Å². The number of nitrogens with zero attached hydrogens (tertiary/aromatic N) is 1. The van der Waals surface area contributed by atoms with Gasteiger partial charge in [0.2, 0.25) is 0 Å². The summed E-state index contributed by atoms with van der Waals surface area (Å²) in [4.78, 5) is 12.0. The largest absolute Gasteiger partial charge is 0.299 e. The van der Waals surface area contributed by atoms with Gasteiger partial charge in [-0.2, -0.15) is 0 Å². The number of hydrogen-bond acceptors (Lipinski definition) is 1. The summed E-state index contributed by atoms with van der Waals surface area (Å²) in [5.41, 5.74) is 2.88. The van der Waals surface area contributed by atoms with Crippen LogP contribution in [-0.2, 0) is 13.0 Å². The molecule has 1 heterocycles. The predicted octanol–water partition coefficient (Wildman–Crippen LogP) is 2.75. The van der Waals surface area contributed by atoms with E-state index in [1.165, 1.54) is 0 Å². The van der Waals surface area contributed by atoms with Crippen molar-refractivity contribution < 1.29 is 0 Å². The Hall–Kier alpha value is -1.48. The molecule has 0 saturated carbocycles. The second kappa shape index (κ2) is 4.80. The van der Waals surface area contributed by atoms with Crippen molar-refractivity contribution in [1.29, 1.82) is 0 Å². The minimum absolute atomic E-state index is 0.0602. The van der Waals surface area contributed by atoms with Crippen molar-refractivity contribution in [2.75, 3.05) is 0 Å². The highest BCUT2D eigenvalue weighted by molar-refractivity contribution is 6.30. The molecule has 0 bridgehead atoms. The maximum absolute atomic E-state index is 12.0. The van der Waals surface area contributed by atoms with Gasteiger partial charge in [-0.05, 0) is 31.0 Å². The first-order valence-electron chi connectivity index (χ1n) is 5.64. The number of rotatable bonds is 3. The molecule has 0 spiro atoms. The van der Waals surface area contributed by atoms with E-state index < -0.39 is 0 Å². The first-order chi connectivity index (χ1) is 8.11. The Balaban J connectivity index is 2.34. The lowest BCUT2D eigenvalue weighted by atomic mass is 10.2. The smallest absolute Gasteiger partial charge is 0.270 e. The fraction of sp³-hybridized carbons (Fsp3) is 0.308. The van der Waals surface area contributed by atoms with Gasteiger partial charge in [0.15, 0.2) is 0 Å². The van der Waals surface area contributed by atoms with Crippen molar-refractivity contribution in [3.05, 3.63) is 56.5 Å². The summed E-state index contributed by atoms with van der Waals surface area (Å²) in [6.07, 6.45) is 0.754. The zero-order valence-electron chi connectivity index (χ0n) is 9.96. The number of H-pyrrole nitrogens is 1. The lowest BCUT2D eigenvalue weighted by Crippen LogP contribution is -2.19. The van der Waals surface area contributed by atoms with E-state index in [1.807, 2.05) is 38.1 Å². The molecule has 0 radical (unpaired) electrons. The lowest BCUT2D eigenvalue weighted by Gasteiger charge is -2.02. The van der Waals surface area contributed by atoms with E-state index in [0.717, 1.165) is 23.2 Å². The molecule has 2 aromatic rings. The number of nitrogens with one attached hydrogen (secondary N) is 1. The lowest BCUT2D eigenvalue weighted by molar-refractivity contribution is 0.656. The highest BCUT2D eigenvalue weighted by atomic mass is 35.5. The molecule has 0 amide bonds. The van der Waals surface area contributed by atoms with Gasteiger partial charge in [0, 0.05) is 16.3 Å². The van der Waals surface area contributed by atoms with E-state index in [1.54, 1.807) is 4.68 Å². The van der Waals surface area contributed by atoms with E-state index in [9.17, 15) is 4.79 Å². The van der Waals surface area contributed by atoms with Crippen LogP contribution in [0.5, 0.6) is 0 Å². The van der Waals surface area contributed by atoms with E-state index >= 15 is 0 Å². The molecule has 3 nitrogen and oxygen atoms in total. The zero-order chi connectivity index (χ0) is 12.4. The van der Waals surface area contributed by atoms with Crippen LogP contribution in [0.25, 0.3) is 0 Å². The van der Waals surface area contributed by atoms with Gasteiger partial charge in [-0.3, -0.25) is 9.89 Å². The molecule has 0 atom stereocenters. The van der Waals surface area contributed by atoms with Crippen LogP contribution in [0.15, 0.2) is 29.1 Å². The van der Waals surface area contributed by atoms with Gasteiger partial charge in [-0.25, -0.2) is 4.68 Å². The van der Waals surface area contributed by atoms with Crippen molar-refractivity contribution in [1.82, 2.24) is 9.78 Å². The molecule has 0 aliphatic heterocycles. The first-order valence-corrected chi connectivity index (χ1v) is 6.02. The highest BCUT2D eigenvalue weighted by Gasteiger charge is 2.09. The van der Waals surface area contributed by atoms with Gasteiger partial charge in [0.25, 0.3) is 5.56 Å². The third-order valence-electron chi connectivity index (χ3n) is 2.84. The van der Waals surface area contributed by atoms with Gasteiger partial charge in [0.1, 0.15) is 0 Å². The maximum Gasteiger partial charge on any atom is 0.270 e. The minimum Gasteiger partial charge on any atom is -0.299 e. The molecule has 0 aliphatic carbocycles. The Bertz CT molecular complexity index is 583. The van der Waals surface area contributed by atoms with Crippen LogP contribution in [0, 0.1) is 6.92 Å². The van der Waals surface area contributed by atoms with Crippen LogP contribution in [0.3, 0.4) is 0 Å². The Morgan fingerprint density at radius 2 is 2.18 bits per heavy atom. The molecule has 4 heteroatoms. The van der Waals surface area contributed by atoms with Gasteiger partial charge < -0.3 is 0 Å². The van der Waals surface area contributed by atoms with Gasteiger partial charge in [-0.1, -0.05) is 30.7 Å². The quantitative estimate of drug-likeness (QED) is 0.894. The Morgan fingerprint density at radius 1 is 1.41 bits per heavy atom. The number of benzene rings is 1. The third-order valence-corrected chi connectivity index (χ3v) is 3.08. The SMILES string of the molecule is CCc1c(C)[nH]n(Cc2cccc(Cl)c2)c1=O. The van der Waals surface area contributed by atoms with Crippen molar-refractivity contribution in [3.8, 4) is 0 Å². The molecular weight excluding hydrogens is 236 g/mol. The zero-order valence-corrected chi connectivity index (χ0v) is 10.7. The molecule has 0 fully saturated rings. The number of halogens is 1. The average molecular weight is 251 g/mol. The van der Waals surface area contributed by atoms with Gasteiger partial charge >= 0.3 is 0 Å². The third kappa shape index (κ3) is 2.44. The molecule has 1 N–H and O–H groups in total. The number of aromatic nitrogens is 2. The normalized spacial score (nSPS) is 10.8. The summed E-state index contributed by atoms with van der Waals surface area (Å²) in [6.45, 7) is 4.44. The fourth-order valence-electron chi connectivity index (χ4n) is 1.99. The van der Waals surface area contributed by atoms with E-state index in [0.29, 0.717) is 11.6 Å². The number of aromatic amines is 1. The Labute approximate surface area is 105 Å². The maximum atomic E-state index is 12.0. The van der Waals surface area contributed by atoms with Crippen molar-refractivity contribution in [3.63, 3.8) is 0 Å². The second-order valence-electron chi connectivity index (χ2n) is 4.09. The molecule has 90 valence electrons. The summed E-state index contributed by atoms with van der Waals surface area (Å²) in [6, 6.07) is 7.54. The Kier molecular flexibility index (Phi) is 3.38. The molecule has 0 unspecified atom stereocenters.